The smallest absolute Gasteiger partial charge is 0.222 e. The topological polar surface area (TPSA) is 44.1 Å². The second kappa shape index (κ2) is 5.34. The number of nitriles is 1. The first kappa shape index (κ1) is 11.4. The first-order valence-electron chi connectivity index (χ1n) is 6.47. The fourth-order valence-corrected chi connectivity index (χ4v) is 2.85. The van der Waals surface area contributed by atoms with Gasteiger partial charge in [-0.15, -0.1) is 0 Å². The minimum absolute atomic E-state index is 0.176. The summed E-state index contributed by atoms with van der Waals surface area (Å²) in [6.45, 7) is 1.59. The third-order valence-corrected chi connectivity index (χ3v) is 3.97. The largest absolute Gasteiger partial charge is 0.343 e. The lowest BCUT2D eigenvalue weighted by atomic mass is 9.97. The second-order valence-electron chi connectivity index (χ2n) is 5.14. The zero-order chi connectivity index (χ0) is 11.4. The fourth-order valence-electron chi connectivity index (χ4n) is 2.85. The lowest BCUT2D eigenvalue weighted by Crippen LogP contribution is -2.38. The fraction of sp³-hybridized carbons (Fsp3) is 0.846. The predicted molar refractivity (Wildman–Crippen MR) is 61.5 cm³/mol. The van der Waals surface area contributed by atoms with Crippen molar-refractivity contribution in [2.45, 2.75) is 44.9 Å². The molecule has 1 aliphatic carbocycles. The van der Waals surface area contributed by atoms with E-state index < -0.39 is 0 Å². The number of carbonyl (C=O) groups is 1. The van der Waals surface area contributed by atoms with Crippen LogP contribution in [0.4, 0.5) is 0 Å². The molecule has 1 amide bonds. The summed E-state index contributed by atoms with van der Waals surface area (Å²) in [6, 6.07) is 2.30. The zero-order valence-electron chi connectivity index (χ0n) is 9.82. The van der Waals surface area contributed by atoms with E-state index >= 15 is 0 Å². The van der Waals surface area contributed by atoms with Crippen LogP contribution in [0.2, 0.25) is 0 Å². The highest BCUT2D eigenvalue weighted by molar-refractivity contribution is 5.76. The van der Waals surface area contributed by atoms with Gasteiger partial charge in [0.2, 0.25) is 5.91 Å². The number of carbonyl (C=O) groups excluding carboxylic acids is 1. The van der Waals surface area contributed by atoms with Gasteiger partial charge in [-0.3, -0.25) is 4.79 Å². The highest BCUT2D eigenvalue weighted by atomic mass is 16.2. The van der Waals surface area contributed by atoms with E-state index in [0.717, 1.165) is 32.4 Å². The van der Waals surface area contributed by atoms with Gasteiger partial charge in [0.05, 0.1) is 6.07 Å². The summed E-state index contributed by atoms with van der Waals surface area (Å²) >= 11 is 0. The molecule has 88 valence electrons. The van der Waals surface area contributed by atoms with Crippen LogP contribution >= 0.6 is 0 Å². The molecule has 3 heteroatoms. The average Bonchev–Trinajstić information content (AvgIpc) is 2.82. The molecule has 0 radical (unpaired) electrons. The number of hydrogen-bond donors (Lipinski definition) is 0. The monoisotopic (exact) mass is 220 g/mol. The predicted octanol–water partition coefficient (Wildman–Crippen LogP) is 2.33. The van der Waals surface area contributed by atoms with Crippen molar-refractivity contribution >= 4 is 5.91 Å². The SMILES string of the molecule is N#CC1CCN(C(=O)CC2CCCC2)CC1. The van der Waals surface area contributed by atoms with E-state index in [0.29, 0.717) is 11.8 Å². The lowest BCUT2D eigenvalue weighted by Gasteiger charge is -2.30. The van der Waals surface area contributed by atoms with Crippen molar-refractivity contribution in [3.8, 4) is 6.07 Å². The van der Waals surface area contributed by atoms with Crippen molar-refractivity contribution in [3.05, 3.63) is 0 Å². The Morgan fingerprint density at radius 2 is 1.81 bits per heavy atom. The third-order valence-electron chi connectivity index (χ3n) is 3.97. The van der Waals surface area contributed by atoms with Crippen molar-refractivity contribution < 1.29 is 4.79 Å². The molecule has 0 atom stereocenters. The molecule has 0 N–H and O–H groups in total. The number of rotatable bonds is 2. The first-order valence-corrected chi connectivity index (χ1v) is 6.47. The summed E-state index contributed by atoms with van der Waals surface area (Å²) in [5.74, 6) is 1.14. The molecule has 0 aromatic carbocycles. The standard InChI is InChI=1S/C13H20N2O/c14-10-12-5-7-15(8-6-12)13(16)9-11-3-1-2-4-11/h11-12H,1-9H2. The molecule has 0 bridgehead atoms. The molecule has 1 heterocycles. The maximum absolute atomic E-state index is 12.0. The number of likely N-dealkylation sites (tertiary alicyclic amines) is 1. The van der Waals surface area contributed by atoms with Gasteiger partial charge in [0.25, 0.3) is 0 Å². The van der Waals surface area contributed by atoms with Crippen LogP contribution in [0, 0.1) is 23.2 Å². The van der Waals surface area contributed by atoms with Gasteiger partial charge in [0.1, 0.15) is 0 Å². The van der Waals surface area contributed by atoms with Gasteiger partial charge in [-0.25, -0.2) is 0 Å². The minimum atomic E-state index is 0.176. The Kier molecular flexibility index (Phi) is 3.82. The summed E-state index contributed by atoms with van der Waals surface area (Å²) in [6.07, 6.45) is 7.56. The Morgan fingerprint density at radius 1 is 1.19 bits per heavy atom. The van der Waals surface area contributed by atoms with Crippen LogP contribution in [0.25, 0.3) is 0 Å². The van der Waals surface area contributed by atoms with Gasteiger partial charge in [-0.2, -0.15) is 5.26 Å². The lowest BCUT2D eigenvalue weighted by molar-refractivity contribution is -0.133. The molecule has 2 fully saturated rings. The summed E-state index contributed by atoms with van der Waals surface area (Å²) in [7, 11) is 0. The molecule has 0 spiro atoms. The van der Waals surface area contributed by atoms with Crippen LogP contribution in [0.15, 0.2) is 0 Å². The molecule has 2 rings (SSSR count). The molecule has 0 unspecified atom stereocenters. The van der Waals surface area contributed by atoms with Gasteiger partial charge in [0, 0.05) is 25.4 Å². The molecular weight excluding hydrogens is 200 g/mol. The van der Waals surface area contributed by atoms with Crippen molar-refractivity contribution in [2.24, 2.45) is 11.8 Å². The number of amides is 1. The molecular formula is C13H20N2O. The van der Waals surface area contributed by atoms with Crippen LogP contribution in [-0.2, 0) is 4.79 Å². The molecule has 2 aliphatic rings. The van der Waals surface area contributed by atoms with Crippen LogP contribution in [0.1, 0.15) is 44.9 Å². The zero-order valence-corrected chi connectivity index (χ0v) is 9.82. The Balaban J connectivity index is 1.75. The third kappa shape index (κ3) is 2.75. The number of nitrogens with zero attached hydrogens (tertiary/aromatic N) is 2. The van der Waals surface area contributed by atoms with Crippen molar-refractivity contribution in [2.75, 3.05) is 13.1 Å². The van der Waals surface area contributed by atoms with E-state index in [1.807, 2.05) is 4.90 Å². The summed E-state index contributed by atoms with van der Waals surface area (Å²) < 4.78 is 0. The Bertz CT molecular complexity index is 281. The van der Waals surface area contributed by atoms with E-state index in [4.69, 9.17) is 5.26 Å². The molecule has 3 nitrogen and oxygen atoms in total. The highest BCUT2D eigenvalue weighted by Crippen LogP contribution is 2.28. The molecule has 1 saturated heterocycles. The number of hydrogen-bond acceptors (Lipinski definition) is 2. The van der Waals surface area contributed by atoms with Crippen molar-refractivity contribution in [3.63, 3.8) is 0 Å². The quantitative estimate of drug-likeness (QED) is 0.717. The first-order chi connectivity index (χ1) is 7.79. The van der Waals surface area contributed by atoms with E-state index in [1.165, 1.54) is 25.7 Å². The van der Waals surface area contributed by atoms with Crippen LogP contribution in [-0.4, -0.2) is 23.9 Å². The van der Waals surface area contributed by atoms with Crippen LogP contribution < -0.4 is 0 Å². The van der Waals surface area contributed by atoms with Gasteiger partial charge in [-0.1, -0.05) is 12.8 Å². The summed E-state index contributed by atoms with van der Waals surface area (Å²) in [4.78, 5) is 14.0. The summed E-state index contributed by atoms with van der Waals surface area (Å²) in [5.41, 5.74) is 0. The van der Waals surface area contributed by atoms with Gasteiger partial charge >= 0.3 is 0 Å². The average molecular weight is 220 g/mol. The number of piperidine rings is 1. The van der Waals surface area contributed by atoms with Gasteiger partial charge < -0.3 is 4.90 Å². The maximum atomic E-state index is 12.0. The molecule has 0 aromatic rings. The van der Waals surface area contributed by atoms with E-state index in [9.17, 15) is 4.79 Å². The molecule has 1 aliphatic heterocycles. The Hall–Kier alpha value is -1.04. The normalized spacial score (nSPS) is 23.3. The van der Waals surface area contributed by atoms with E-state index in [2.05, 4.69) is 6.07 Å². The molecule has 16 heavy (non-hydrogen) atoms. The van der Waals surface area contributed by atoms with Gasteiger partial charge in [-0.05, 0) is 31.6 Å². The van der Waals surface area contributed by atoms with Crippen LogP contribution in [0.5, 0.6) is 0 Å². The van der Waals surface area contributed by atoms with E-state index in [1.54, 1.807) is 0 Å². The van der Waals surface area contributed by atoms with Gasteiger partial charge in [0.15, 0.2) is 0 Å². The van der Waals surface area contributed by atoms with E-state index in [-0.39, 0.29) is 5.92 Å². The second-order valence-corrected chi connectivity index (χ2v) is 5.14. The van der Waals surface area contributed by atoms with Crippen LogP contribution in [0.3, 0.4) is 0 Å². The van der Waals surface area contributed by atoms with Crippen molar-refractivity contribution in [1.29, 1.82) is 5.26 Å². The molecule has 1 saturated carbocycles. The molecule has 0 aromatic heterocycles. The Morgan fingerprint density at radius 3 is 2.38 bits per heavy atom. The summed E-state index contributed by atoms with van der Waals surface area (Å²) in [5, 5.41) is 8.79. The Labute approximate surface area is 97.4 Å². The van der Waals surface area contributed by atoms with Crippen molar-refractivity contribution in [1.82, 2.24) is 4.90 Å². The highest BCUT2D eigenvalue weighted by Gasteiger charge is 2.25. The minimum Gasteiger partial charge on any atom is -0.343 e. The maximum Gasteiger partial charge on any atom is 0.222 e.